The average Bonchev–Trinajstić information content (AvgIpc) is 3.52. The fraction of sp³-hybridized carbons (Fsp3) is 0.250. The molecule has 4 heterocycles. The number of aromatic nitrogens is 2. The van der Waals surface area contributed by atoms with Crippen LogP contribution in [0.2, 0.25) is 0 Å². The number of halogens is 2. The van der Waals surface area contributed by atoms with Gasteiger partial charge in [0.05, 0.1) is 11.3 Å². The van der Waals surface area contributed by atoms with Crippen molar-refractivity contribution in [3.63, 3.8) is 0 Å². The van der Waals surface area contributed by atoms with Crippen LogP contribution in [0.5, 0.6) is 0 Å². The number of thiazole rings is 1. The van der Waals surface area contributed by atoms with Gasteiger partial charge >= 0.3 is 0 Å². The summed E-state index contributed by atoms with van der Waals surface area (Å²) < 4.78 is 27.6. The van der Waals surface area contributed by atoms with E-state index in [4.69, 9.17) is 4.98 Å². The number of benzene rings is 1. The minimum Gasteiger partial charge on any atom is -0.336 e. The molecule has 3 aromatic rings. The third-order valence-electron chi connectivity index (χ3n) is 5.88. The molecule has 2 aliphatic heterocycles. The van der Waals surface area contributed by atoms with E-state index < -0.39 is 17.5 Å². The van der Waals surface area contributed by atoms with Crippen molar-refractivity contribution in [1.29, 1.82) is 0 Å². The number of nitrogens with zero attached hydrogens (tertiary/aromatic N) is 5. The van der Waals surface area contributed by atoms with Crippen molar-refractivity contribution >= 4 is 39.8 Å². The molecule has 180 valence electrons. The first-order valence-corrected chi connectivity index (χ1v) is 12.0. The Bertz CT molecular complexity index is 1280. The van der Waals surface area contributed by atoms with Crippen LogP contribution in [0.15, 0.2) is 54.1 Å². The Hall–Kier alpha value is -3.70. The Labute approximate surface area is 204 Å². The Kier molecular flexibility index (Phi) is 6.51. The standard InChI is InChI=1S/C24H22F2N6O2S/c25-19-4-1-3-18(22(19)26)23(34)31-10-8-30(9-11-31)15-16-13-17(32-7-2-5-21(32)33)14-20(28-16)29-24-27-6-12-35-24/h1-6,12-14H,7-11,15H2,(H,27,28,29). The molecule has 1 N–H and O–H groups in total. The largest absolute Gasteiger partial charge is 0.336 e. The lowest BCUT2D eigenvalue weighted by molar-refractivity contribution is -0.113. The summed E-state index contributed by atoms with van der Waals surface area (Å²) in [6.45, 7) is 2.87. The van der Waals surface area contributed by atoms with Crippen LogP contribution < -0.4 is 10.2 Å². The van der Waals surface area contributed by atoms with Gasteiger partial charge in [-0.15, -0.1) is 11.3 Å². The van der Waals surface area contributed by atoms with Crippen LogP contribution in [-0.4, -0.2) is 64.3 Å². The first-order chi connectivity index (χ1) is 17.0. The number of anilines is 3. The Balaban J connectivity index is 1.28. The molecule has 0 aliphatic carbocycles. The maximum absolute atomic E-state index is 14.1. The maximum atomic E-state index is 14.1. The summed E-state index contributed by atoms with van der Waals surface area (Å²) in [6, 6.07) is 7.33. The highest BCUT2D eigenvalue weighted by Gasteiger charge is 2.26. The van der Waals surface area contributed by atoms with Gasteiger partial charge < -0.3 is 15.1 Å². The smallest absolute Gasteiger partial charge is 0.257 e. The van der Waals surface area contributed by atoms with E-state index in [0.29, 0.717) is 50.2 Å². The highest BCUT2D eigenvalue weighted by Crippen LogP contribution is 2.26. The molecular formula is C24H22F2N6O2S. The molecule has 5 rings (SSSR count). The van der Waals surface area contributed by atoms with Gasteiger partial charge in [-0.2, -0.15) is 0 Å². The number of hydrogen-bond donors (Lipinski definition) is 1. The summed E-state index contributed by atoms with van der Waals surface area (Å²) in [6.07, 6.45) is 5.06. The van der Waals surface area contributed by atoms with E-state index in [0.717, 1.165) is 17.4 Å². The minimum atomic E-state index is -1.12. The van der Waals surface area contributed by atoms with E-state index in [2.05, 4.69) is 15.2 Å². The summed E-state index contributed by atoms with van der Waals surface area (Å²) in [5.74, 6) is -2.17. The third-order valence-corrected chi connectivity index (χ3v) is 6.57. The number of carbonyl (C=O) groups excluding carboxylic acids is 2. The van der Waals surface area contributed by atoms with Crippen molar-refractivity contribution in [1.82, 2.24) is 19.8 Å². The molecule has 2 aromatic heterocycles. The van der Waals surface area contributed by atoms with Gasteiger partial charge in [-0.1, -0.05) is 12.1 Å². The molecule has 2 amide bonds. The molecule has 8 nitrogen and oxygen atoms in total. The first-order valence-electron chi connectivity index (χ1n) is 11.1. The molecule has 0 radical (unpaired) electrons. The van der Waals surface area contributed by atoms with E-state index in [1.165, 1.54) is 28.4 Å². The van der Waals surface area contributed by atoms with Crippen LogP contribution in [0.4, 0.5) is 25.4 Å². The van der Waals surface area contributed by atoms with E-state index in [9.17, 15) is 18.4 Å². The number of hydrogen-bond acceptors (Lipinski definition) is 7. The van der Waals surface area contributed by atoms with Crippen molar-refractivity contribution in [2.24, 2.45) is 0 Å². The van der Waals surface area contributed by atoms with Gasteiger partial charge in [0.2, 0.25) is 0 Å². The molecular weight excluding hydrogens is 474 g/mol. The van der Waals surface area contributed by atoms with E-state index in [-0.39, 0.29) is 11.5 Å². The van der Waals surface area contributed by atoms with Gasteiger partial charge in [0.15, 0.2) is 16.8 Å². The molecule has 1 fully saturated rings. The van der Waals surface area contributed by atoms with E-state index in [1.54, 1.807) is 17.2 Å². The minimum absolute atomic E-state index is 0.0842. The summed E-state index contributed by atoms with van der Waals surface area (Å²) in [4.78, 5) is 39.2. The van der Waals surface area contributed by atoms with Gasteiger partial charge in [-0.3, -0.25) is 14.5 Å². The normalized spacial score (nSPS) is 16.2. The van der Waals surface area contributed by atoms with Crippen molar-refractivity contribution in [3.05, 3.63) is 77.0 Å². The maximum Gasteiger partial charge on any atom is 0.257 e. The van der Waals surface area contributed by atoms with Crippen LogP contribution >= 0.6 is 11.3 Å². The molecule has 0 spiro atoms. The zero-order chi connectivity index (χ0) is 24.4. The second-order valence-corrected chi connectivity index (χ2v) is 9.08. The van der Waals surface area contributed by atoms with Gasteiger partial charge in [-0.25, -0.2) is 18.7 Å². The van der Waals surface area contributed by atoms with E-state index >= 15 is 0 Å². The molecule has 0 atom stereocenters. The Morgan fingerprint density at radius 1 is 1.14 bits per heavy atom. The van der Waals surface area contributed by atoms with Gasteiger partial charge in [0.25, 0.3) is 11.8 Å². The zero-order valence-electron chi connectivity index (χ0n) is 18.7. The van der Waals surface area contributed by atoms with Gasteiger partial charge in [0, 0.05) is 68.7 Å². The molecule has 0 saturated carbocycles. The quantitative estimate of drug-likeness (QED) is 0.563. The summed E-state index contributed by atoms with van der Waals surface area (Å²) in [5, 5.41) is 5.75. The molecule has 0 unspecified atom stereocenters. The molecule has 1 saturated heterocycles. The lowest BCUT2D eigenvalue weighted by Crippen LogP contribution is -2.48. The lowest BCUT2D eigenvalue weighted by Gasteiger charge is -2.34. The van der Waals surface area contributed by atoms with Crippen LogP contribution in [0.25, 0.3) is 0 Å². The topological polar surface area (TPSA) is 81.7 Å². The number of amides is 2. The van der Waals surface area contributed by atoms with Crippen LogP contribution in [-0.2, 0) is 11.3 Å². The summed E-state index contributed by atoms with van der Waals surface area (Å²) in [7, 11) is 0. The van der Waals surface area contributed by atoms with Crippen molar-refractivity contribution in [3.8, 4) is 0 Å². The lowest BCUT2D eigenvalue weighted by atomic mass is 10.1. The number of piperazine rings is 1. The summed E-state index contributed by atoms with van der Waals surface area (Å²) in [5.41, 5.74) is 1.24. The van der Waals surface area contributed by atoms with Crippen LogP contribution in [0.1, 0.15) is 16.1 Å². The number of nitrogens with one attached hydrogen (secondary N) is 1. The first kappa shape index (κ1) is 23.1. The zero-order valence-corrected chi connectivity index (χ0v) is 19.5. The highest BCUT2D eigenvalue weighted by atomic mass is 32.1. The second-order valence-electron chi connectivity index (χ2n) is 8.19. The van der Waals surface area contributed by atoms with Crippen molar-refractivity contribution in [2.75, 3.05) is 42.9 Å². The third kappa shape index (κ3) is 5.05. The fourth-order valence-corrected chi connectivity index (χ4v) is 4.65. The Morgan fingerprint density at radius 3 is 2.69 bits per heavy atom. The predicted octanol–water partition coefficient (Wildman–Crippen LogP) is 3.42. The molecule has 35 heavy (non-hydrogen) atoms. The van der Waals surface area contributed by atoms with Gasteiger partial charge in [0.1, 0.15) is 5.82 Å². The van der Waals surface area contributed by atoms with Crippen LogP contribution in [0, 0.1) is 11.6 Å². The second kappa shape index (κ2) is 9.88. The Morgan fingerprint density at radius 2 is 1.97 bits per heavy atom. The number of pyridine rings is 1. The molecule has 0 bridgehead atoms. The SMILES string of the molecule is O=C(c1cccc(F)c1F)N1CCN(Cc2cc(N3CC=CC3=O)cc(Nc3nccs3)n2)CC1. The van der Waals surface area contributed by atoms with Crippen molar-refractivity contribution in [2.45, 2.75) is 6.54 Å². The highest BCUT2D eigenvalue weighted by molar-refractivity contribution is 7.13. The number of rotatable bonds is 6. The monoisotopic (exact) mass is 496 g/mol. The van der Waals surface area contributed by atoms with Crippen LogP contribution in [0.3, 0.4) is 0 Å². The summed E-state index contributed by atoms with van der Waals surface area (Å²) >= 11 is 1.45. The average molecular weight is 497 g/mol. The van der Waals surface area contributed by atoms with Gasteiger partial charge in [-0.05, 0) is 18.2 Å². The van der Waals surface area contributed by atoms with E-state index in [1.807, 2.05) is 23.6 Å². The number of carbonyl (C=O) groups is 2. The molecule has 2 aliphatic rings. The molecule has 11 heteroatoms. The predicted molar refractivity (Wildman–Crippen MR) is 129 cm³/mol. The fourth-order valence-electron chi connectivity index (χ4n) is 4.12. The van der Waals surface area contributed by atoms with Crippen molar-refractivity contribution < 1.29 is 18.4 Å². The molecule has 1 aromatic carbocycles.